The molecule has 5 aromatic carbocycles. The van der Waals surface area contributed by atoms with Crippen LogP contribution in [0, 0.1) is 10.8 Å². The van der Waals surface area contributed by atoms with Crippen molar-refractivity contribution in [1.29, 1.82) is 0 Å². The summed E-state index contributed by atoms with van der Waals surface area (Å²) in [5, 5.41) is 14.8. The molecule has 16 heteroatoms. The van der Waals surface area contributed by atoms with Gasteiger partial charge in [0.1, 0.15) is 11.6 Å². The van der Waals surface area contributed by atoms with Gasteiger partial charge in [-0.3, -0.25) is 9.59 Å². The van der Waals surface area contributed by atoms with Crippen molar-refractivity contribution in [3.05, 3.63) is 131 Å². The number of benzene rings is 5. The monoisotopic (exact) mass is 959 g/mol. The van der Waals surface area contributed by atoms with Crippen molar-refractivity contribution in [2.24, 2.45) is 10.8 Å². The van der Waals surface area contributed by atoms with Crippen LogP contribution in [0.1, 0.15) is 47.9 Å². The molecule has 0 radical (unpaired) electrons. The smallest absolute Gasteiger partial charge is 0.310 e. The second kappa shape index (κ2) is 20.6. The van der Waals surface area contributed by atoms with Crippen molar-refractivity contribution < 1.29 is 33.6 Å². The molecule has 4 heterocycles. The van der Waals surface area contributed by atoms with Crippen molar-refractivity contribution in [3.8, 4) is 23.0 Å². The first kappa shape index (κ1) is 48.2. The molecule has 3 aliphatic rings. The summed E-state index contributed by atoms with van der Waals surface area (Å²) in [6.07, 6.45) is 5.37. The van der Waals surface area contributed by atoms with Crippen LogP contribution in [-0.4, -0.2) is 97.6 Å². The Bertz CT molecular complexity index is 3010. The molecule has 71 heavy (non-hydrogen) atoms. The third-order valence-corrected chi connectivity index (χ3v) is 14.5. The van der Waals surface area contributed by atoms with Crippen LogP contribution in [-0.2, 0) is 35.3 Å². The summed E-state index contributed by atoms with van der Waals surface area (Å²) in [7, 11) is 6.32. The number of nitrogens with one attached hydrogen (secondary N) is 1. The molecule has 0 saturated carbocycles. The summed E-state index contributed by atoms with van der Waals surface area (Å²) in [6, 6.07) is 35.9. The number of fused-ring (bicyclic) bond motifs is 3. The van der Waals surface area contributed by atoms with E-state index < -0.39 is 16.8 Å². The van der Waals surface area contributed by atoms with Crippen LogP contribution in [0.25, 0.3) is 21.8 Å². The summed E-state index contributed by atoms with van der Waals surface area (Å²) < 4.78 is 21.6. The topological polar surface area (TPSA) is 213 Å². The Balaban J connectivity index is 0.000000182. The van der Waals surface area contributed by atoms with E-state index in [9.17, 15) is 14.7 Å². The maximum atomic E-state index is 14.0. The summed E-state index contributed by atoms with van der Waals surface area (Å²) in [5.41, 5.74) is 17.5. The van der Waals surface area contributed by atoms with E-state index in [1.807, 2.05) is 59.5 Å². The van der Waals surface area contributed by atoms with Crippen LogP contribution in [0.4, 0.5) is 23.5 Å². The van der Waals surface area contributed by atoms with Crippen LogP contribution in [0.2, 0.25) is 0 Å². The standard InChI is InChI=1S/C32H35N5O3.C23H26N4O4/c1-39-27-18-25-26(19-28(27)40-2)35-31(36-29(25)33)37-14-12-32(13-15-37,20-21-8-4-3-5-9-21)30(38)34-24-16-22-10-6-7-11-23(22)17-24;1-30-18-12-16-17(13-19(18)31-2)25-22(26-20(16)24)27-10-8-23(9-11-27,21(28)29)14-15-6-4-3-5-7-15/h3-11,18-19,24H,12-17,20H2,1-2H3,(H,34,38)(H2,33,35,36);3-7,12-13H,8-11,14H2,1-2H3,(H,28,29)(H2,24,25,26). The van der Waals surface area contributed by atoms with Crippen LogP contribution < -0.4 is 45.5 Å². The fourth-order valence-corrected chi connectivity index (χ4v) is 10.4. The second-order valence-corrected chi connectivity index (χ2v) is 18.8. The summed E-state index contributed by atoms with van der Waals surface area (Å²) in [5.74, 6) is 3.47. The number of anilines is 4. The SMILES string of the molecule is COc1cc2nc(N3CCC(Cc4ccccc4)(C(=O)NC4Cc5ccccc5C4)CC3)nc(N)c2cc1OC.COc1cc2nc(N3CCC(Cc4ccccc4)(C(=O)O)CC3)nc(N)c2cc1OC. The first-order valence-corrected chi connectivity index (χ1v) is 24.0. The molecule has 0 unspecified atom stereocenters. The van der Waals surface area contributed by atoms with E-state index in [1.54, 1.807) is 46.6 Å². The number of ether oxygens (including phenoxy) is 4. The minimum absolute atomic E-state index is 0.131. The minimum atomic E-state index is -0.795. The van der Waals surface area contributed by atoms with Gasteiger partial charge in [-0.25, -0.2) is 9.97 Å². The van der Waals surface area contributed by atoms with Gasteiger partial charge >= 0.3 is 5.97 Å². The zero-order chi connectivity index (χ0) is 49.7. The molecule has 0 spiro atoms. The van der Waals surface area contributed by atoms with Crippen molar-refractivity contribution in [2.45, 2.75) is 57.4 Å². The van der Waals surface area contributed by atoms with Crippen molar-refractivity contribution in [3.63, 3.8) is 0 Å². The highest BCUT2D eigenvalue weighted by Crippen LogP contribution is 2.41. The minimum Gasteiger partial charge on any atom is -0.493 e. The predicted octanol–water partition coefficient (Wildman–Crippen LogP) is 7.49. The number of amides is 1. The van der Waals surface area contributed by atoms with Gasteiger partial charge in [0.2, 0.25) is 17.8 Å². The third-order valence-electron chi connectivity index (χ3n) is 14.5. The lowest BCUT2D eigenvalue weighted by Gasteiger charge is -2.41. The average molecular weight is 960 g/mol. The maximum absolute atomic E-state index is 14.0. The molecule has 1 aliphatic carbocycles. The molecular formula is C55H61N9O7. The number of rotatable bonds is 13. The van der Waals surface area contributed by atoms with Crippen molar-refractivity contribution in [2.75, 3.05) is 75.9 Å². The average Bonchev–Trinajstić information content (AvgIpc) is 3.81. The number of nitrogens with zero attached hydrogens (tertiary/aromatic N) is 6. The van der Waals surface area contributed by atoms with Gasteiger partial charge < -0.3 is 50.6 Å². The van der Waals surface area contributed by atoms with Crippen LogP contribution in [0.3, 0.4) is 0 Å². The van der Waals surface area contributed by atoms with Crippen LogP contribution in [0.5, 0.6) is 23.0 Å². The normalized spacial score (nSPS) is 16.1. The lowest BCUT2D eigenvalue weighted by Crippen LogP contribution is -2.52. The number of methoxy groups -OCH3 is 4. The molecule has 7 aromatic rings. The summed E-state index contributed by atoms with van der Waals surface area (Å²) >= 11 is 0. The molecule has 2 saturated heterocycles. The lowest BCUT2D eigenvalue weighted by molar-refractivity contribution is -0.150. The number of hydrogen-bond acceptors (Lipinski definition) is 14. The van der Waals surface area contributed by atoms with Gasteiger partial charge in [-0.15, -0.1) is 0 Å². The molecule has 10 rings (SSSR count). The van der Waals surface area contributed by atoms with E-state index >= 15 is 0 Å². The van der Waals surface area contributed by atoms with Gasteiger partial charge in [0.05, 0.1) is 50.3 Å². The van der Waals surface area contributed by atoms with Gasteiger partial charge in [-0.05, 0) is 85.8 Å². The number of aromatic nitrogens is 4. The lowest BCUT2D eigenvalue weighted by atomic mass is 9.72. The van der Waals surface area contributed by atoms with Gasteiger partial charge in [0.15, 0.2) is 23.0 Å². The van der Waals surface area contributed by atoms with E-state index in [2.05, 4.69) is 61.6 Å². The Morgan fingerprint density at radius 3 is 1.37 bits per heavy atom. The number of carbonyl (C=O) groups is 2. The number of hydrogen-bond donors (Lipinski definition) is 4. The molecule has 0 atom stereocenters. The van der Waals surface area contributed by atoms with Gasteiger partial charge in [-0.2, -0.15) is 9.97 Å². The second-order valence-electron chi connectivity index (χ2n) is 18.8. The van der Waals surface area contributed by atoms with Gasteiger partial charge in [0, 0.05) is 55.1 Å². The number of carboxylic acid groups (broad SMARTS) is 1. The molecule has 16 nitrogen and oxygen atoms in total. The molecule has 2 aromatic heterocycles. The van der Waals surface area contributed by atoms with E-state index in [1.165, 1.54) is 16.7 Å². The Labute approximate surface area is 413 Å². The van der Waals surface area contributed by atoms with E-state index in [-0.39, 0.29) is 11.9 Å². The Morgan fingerprint density at radius 1 is 0.577 bits per heavy atom. The summed E-state index contributed by atoms with van der Waals surface area (Å²) in [4.78, 5) is 49.0. The summed E-state index contributed by atoms with van der Waals surface area (Å²) in [6.45, 7) is 2.39. The fraction of sp³-hybridized carbons (Fsp3) is 0.345. The highest BCUT2D eigenvalue weighted by atomic mass is 16.5. The number of nitrogens with two attached hydrogens (primary N) is 2. The largest absolute Gasteiger partial charge is 0.493 e. The first-order valence-electron chi connectivity index (χ1n) is 24.0. The van der Waals surface area contributed by atoms with E-state index in [0.717, 1.165) is 18.4 Å². The van der Waals surface area contributed by atoms with Crippen molar-refractivity contribution in [1.82, 2.24) is 25.3 Å². The highest BCUT2D eigenvalue weighted by Gasteiger charge is 2.44. The van der Waals surface area contributed by atoms with Crippen molar-refractivity contribution >= 4 is 57.2 Å². The van der Waals surface area contributed by atoms with Crippen LogP contribution in [0.15, 0.2) is 109 Å². The predicted molar refractivity (Wildman–Crippen MR) is 276 cm³/mol. The number of piperidine rings is 2. The Morgan fingerprint density at radius 2 is 0.958 bits per heavy atom. The molecular weight excluding hydrogens is 899 g/mol. The zero-order valence-corrected chi connectivity index (χ0v) is 40.7. The molecule has 368 valence electrons. The van der Waals surface area contributed by atoms with Gasteiger partial charge in [-0.1, -0.05) is 84.9 Å². The zero-order valence-electron chi connectivity index (χ0n) is 40.7. The highest BCUT2D eigenvalue weighted by molar-refractivity contribution is 5.93. The molecule has 0 bridgehead atoms. The van der Waals surface area contributed by atoms with E-state index in [4.69, 9.17) is 35.4 Å². The fourth-order valence-electron chi connectivity index (χ4n) is 10.4. The number of nitrogen functional groups attached to an aromatic ring is 2. The number of carbonyl (C=O) groups excluding carboxylic acids is 1. The Kier molecular flexibility index (Phi) is 14.0. The quantitative estimate of drug-likeness (QED) is 0.0882. The van der Waals surface area contributed by atoms with Gasteiger partial charge in [0.25, 0.3) is 0 Å². The van der Waals surface area contributed by atoms with E-state index in [0.29, 0.717) is 133 Å². The van der Waals surface area contributed by atoms with Crippen LogP contribution >= 0.6 is 0 Å². The molecule has 2 fully saturated rings. The number of aliphatic carboxylic acids is 1. The first-order chi connectivity index (χ1) is 34.4. The Hall–Kier alpha value is -7.88. The maximum Gasteiger partial charge on any atom is 0.310 e. The molecule has 6 N–H and O–H groups in total. The molecule has 2 aliphatic heterocycles. The third kappa shape index (κ3) is 10.1. The molecule has 1 amide bonds. The number of carboxylic acids is 1.